The number of alkyl halides is 4. The predicted molar refractivity (Wildman–Crippen MR) is 64.2 cm³/mol. The molecule has 0 aromatic heterocycles. The SMILES string of the molecule is O=C(O)C(F)C(=O)Sc1ccc(Br)cc1OC(F)(F)F. The van der Waals surface area contributed by atoms with Crippen LogP contribution >= 0.6 is 27.7 Å². The summed E-state index contributed by atoms with van der Waals surface area (Å²) in [6.07, 6.45) is -7.83. The fraction of sp³-hybridized carbons (Fsp3) is 0.200. The lowest BCUT2D eigenvalue weighted by Crippen LogP contribution is -2.23. The van der Waals surface area contributed by atoms with Crippen LogP contribution in [0.3, 0.4) is 0 Å². The van der Waals surface area contributed by atoms with Gasteiger partial charge in [-0.05, 0) is 30.0 Å². The van der Waals surface area contributed by atoms with Crippen molar-refractivity contribution in [1.82, 2.24) is 0 Å². The second-order valence-corrected chi connectivity index (χ2v) is 5.22. The van der Waals surface area contributed by atoms with E-state index in [0.717, 1.165) is 12.1 Å². The van der Waals surface area contributed by atoms with Gasteiger partial charge in [0.25, 0.3) is 6.17 Å². The minimum Gasteiger partial charge on any atom is -0.479 e. The Morgan fingerprint density at radius 2 is 1.95 bits per heavy atom. The van der Waals surface area contributed by atoms with Crippen molar-refractivity contribution in [2.45, 2.75) is 17.4 Å². The second kappa shape index (κ2) is 6.44. The van der Waals surface area contributed by atoms with E-state index in [1.54, 1.807) is 0 Å². The van der Waals surface area contributed by atoms with E-state index in [1.165, 1.54) is 6.07 Å². The number of benzene rings is 1. The molecule has 10 heteroatoms. The maximum atomic E-state index is 12.9. The Kier molecular flexibility index (Phi) is 5.40. The molecule has 0 spiro atoms. The summed E-state index contributed by atoms with van der Waals surface area (Å²) in [4.78, 5) is 21.1. The quantitative estimate of drug-likeness (QED) is 0.495. The average molecular weight is 377 g/mol. The van der Waals surface area contributed by atoms with Gasteiger partial charge in [0.05, 0.1) is 4.90 Å². The Hall–Kier alpha value is -1.29. The largest absolute Gasteiger partial charge is 0.573 e. The van der Waals surface area contributed by atoms with E-state index in [9.17, 15) is 27.2 Å². The van der Waals surface area contributed by atoms with Gasteiger partial charge in [-0.2, -0.15) is 0 Å². The van der Waals surface area contributed by atoms with Gasteiger partial charge in [-0.1, -0.05) is 15.9 Å². The van der Waals surface area contributed by atoms with Gasteiger partial charge in [0.2, 0.25) is 5.12 Å². The van der Waals surface area contributed by atoms with Crippen molar-refractivity contribution in [2.24, 2.45) is 0 Å². The number of carbonyl (C=O) groups excluding carboxylic acids is 1. The molecule has 110 valence electrons. The van der Waals surface area contributed by atoms with Crippen molar-refractivity contribution in [2.75, 3.05) is 0 Å². The molecular weight excluding hydrogens is 372 g/mol. The van der Waals surface area contributed by atoms with Crippen LogP contribution in [0.1, 0.15) is 0 Å². The fourth-order valence-electron chi connectivity index (χ4n) is 1.03. The minimum atomic E-state index is -5.00. The zero-order valence-corrected chi connectivity index (χ0v) is 11.7. The second-order valence-electron chi connectivity index (χ2n) is 3.26. The summed E-state index contributed by atoms with van der Waals surface area (Å²) in [5.74, 6) is -2.75. The molecule has 1 N–H and O–H groups in total. The van der Waals surface area contributed by atoms with Gasteiger partial charge in [0.1, 0.15) is 5.75 Å². The average Bonchev–Trinajstić information content (AvgIpc) is 2.29. The van der Waals surface area contributed by atoms with Gasteiger partial charge in [0, 0.05) is 4.47 Å². The first-order chi connectivity index (χ1) is 9.10. The highest BCUT2D eigenvalue weighted by Crippen LogP contribution is 2.36. The van der Waals surface area contributed by atoms with Gasteiger partial charge < -0.3 is 9.84 Å². The summed E-state index contributed by atoms with van der Waals surface area (Å²) < 4.78 is 53.4. The van der Waals surface area contributed by atoms with E-state index in [0.29, 0.717) is 0 Å². The Labute approximate surface area is 122 Å². The topological polar surface area (TPSA) is 63.6 Å². The van der Waals surface area contributed by atoms with E-state index in [-0.39, 0.29) is 21.1 Å². The number of carbonyl (C=O) groups is 2. The van der Waals surface area contributed by atoms with E-state index in [4.69, 9.17) is 5.11 Å². The maximum Gasteiger partial charge on any atom is 0.573 e. The lowest BCUT2D eigenvalue weighted by atomic mass is 10.3. The van der Waals surface area contributed by atoms with Crippen LogP contribution in [-0.4, -0.2) is 28.7 Å². The number of halogens is 5. The molecule has 0 saturated carbocycles. The monoisotopic (exact) mass is 376 g/mol. The van der Waals surface area contributed by atoms with Crippen LogP contribution in [0.25, 0.3) is 0 Å². The van der Waals surface area contributed by atoms with Gasteiger partial charge in [-0.3, -0.25) is 4.79 Å². The first kappa shape index (κ1) is 16.8. The van der Waals surface area contributed by atoms with Crippen molar-refractivity contribution < 1.29 is 37.0 Å². The van der Waals surface area contributed by atoms with E-state index < -0.39 is 29.4 Å². The van der Waals surface area contributed by atoms with Crippen LogP contribution in [0.2, 0.25) is 0 Å². The maximum absolute atomic E-state index is 12.9. The molecule has 0 aliphatic rings. The highest BCUT2D eigenvalue weighted by atomic mass is 79.9. The van der Waals surface area contributed by atoms with Crippen LogP contribution in [-0.2, 0) is 9.59 Å². The molecule has 1 aromatic carbocycles. The van der Waals surface area contributed by atoms with Crippen LogP contribution in [0.4, 0.5) is 17.6 Å². The van der Waals surface area contributed by atoms with E-state index in [1.807, 2.05) is 0 Å². The molecule has 0 heterocycles. The minimum absolute atomic E-state index is 0.0155. The van der Waals surface area contributed by atoms with Crippen molar-refractivity contribution >= 4 is 38.8 Å². The Morgan fingerprint density at radius 3 is 2.45 bits per heavy atom. The third-order valence-electron chi connectivity index (χ3n) is 1.77. The number of carboxylic acid groups (broad SMARTS) is 1. The van der Waals surface area contributed by atoms with Crippen molar-refractivity contribution in [3.8, 4) is 5.75 Å². The summed E-state index contributed by atoms with van der Waals surface area (Å²) in [6, 6.07) is 3.30. The lowest BCUT2D eigenvalue weighted by molar-refractivity contribution is -0.275. The first-order valence-electron chi connectivity index (χ1n) is 4.74. The number of hydrogen-bond acceptors (Lipinski definition) is 4. The van der Waals surface area contributed by atoms with Crippen LogP contribution in [0.15, 0.2) is 27.6 Å². The summed E-state index contributed by atoms with van der Waals surface area (Å²) in [5, 5.41) is 6.85. The molecule has 0 fully saturated rings. The zero-order valence-electron chi connectivity index (χ0n) is 9.28. The molecule has 0 saturated heterocycles. The fourth-order valence-corrected chi connectivity index (χ4v) is 2.13. The van der Waals surface area contributed by atoms with Crippen molar-refractivity contribution in [1.29, 1.82) is 0 Å². The van der Waals surface area contributed by atoms with E-state index >= 15 is 0 Å². The molecule has 1 unspecified atom stereocenters. The normalized spacial score (nSPS) is 12.8. The number of thioether (sulfide) groups is 1. The molecule has 0 aliphatic carbocycles. The van der Waals surface area contributed by atoms with Gasteiger partial charge in [-0.15, -0.1) is 13.2 Å². The molecule has 1 atom stereocenters. The van der Waals surface area contributed by atoms with Crippen LogP contribution in [0, 0.1) is 0 Å². The molecule has 0 radical (unpaired) electrons. The highest BCUT2D eigenvalue weighted by Gasteiger charge is 2.33. The molecular formula is C10H5BrF4O4S. The number of rotatable bonds is 4. The standard InChI is InChI=1S/C10H5BrF4O4S/c11-4-1-2-6(5(3-4)19-10(13,14)15)20-9(18)7(12)8(16)17/h1-3,7H,(H,16,17). The van der Waals surface area contributed by atoms with Gasteiger partial charge in [-0.25, -0.2) is 9.18 Å². The molecule has 0 amide bonds. The predicted octanol–water partition coefficient (Wildman–Crippen LogP) is 3.39. The third-order valence-corrected chi connectivity index (χ3v) is 3.22. The summed E-state index contributed by atoms with van der Waals surface area (Å²) in [6.45, 7) is 0. The highest BCUT2D eigenvalue weighted by molar-refractivity contribution is 9.10. The number of aliphatic carboxylic acids is 1. The lowest BCUT2D eigenvalue weighted by Gasteiger charge is -2.13. The molecule has 20 heavy (non-hydrogen) atoms. The molecule has 4 nitrogen and oxygen atoms in total. The van der Waals surface area contributed by atoms with Gasteiger partial charge in [0.15, 0.2) is 0 Å². The number of hydrogen-bond donors (Lipinski definition) is 1. The Bertz CT molecular complexity index is 534. The molecule has 0 aliphatic heterocycles. The third kappa shape index (κ3) is 5.00. The summed E-state index contributed by atoms with van der Waals surface area (Å²) >= 11 is 2.93. The summed E-state index contributed by atoms with van der Waals surface area (Å²) in [7, 11) is 0. The zero-order chi connectivity index (χ0) is 15.5. The molecule has 1 aromatic rings. The number of ether oxygens (including phenoxy) is 1. The molecule has 1 rings (SSSR count). The van der Waals surface area contributed by atoms with E-state index in [2.05, 4.69) is 20.7 Å². The Morgan fingerprint density at radius 1 is 1.35 bits per heavy atom. The van der Waals surface area contributed by atoms with Crippen LogP contribution in [0.5, 0.6) is 5.75 Å². The van der Waals surface area contributed by atoms with Crippen molar-refractivity contribution in [3.05, 3.63) is 22.7 Å². The smallest absolute Gasteiger partial charge is 0.479 e. The summed E-state index contributed by atoms with van der Waals surface area (Å²) in [5.41, 5.74) is 0. The molecule has 0 bridgehead atoms. The van der Waals surface area contributed by atoms with Crippen LogP contribution < -0.4 is 4.74 Å². The number of carboxylic acids is 1. The van der Waals surface area contributed by atoms with Gasteiger partial charge >= 0.3 is 12.3 Å². The Balaban J connectivity index is 3.00. The van der Waals surface area contributed by atoms with Crippen molar-refractivity contribution in [3.63, 3.8) is 0 Å². The first-order valence-corrected chi connectivity index (χ1v) is 6.35.